The number of ether oxygens (including phenoxy) is 1. The van der Waals surface area contributed by atoms with Gasteiger partial charge in [0.2, 0.25) is 0 Å². The van der Waals surface area contributed by atoms with Crippen molar-refractivity contribution in [1.82, 2.24) is 10.2 Å². The fraction of sp³-hybridized carbons (Fsp3) is 0.824. The highest BCUT2D eigenvalue weighted by molar-refractivity contribution is 8.14. The number of carbonyl (C=O) groups is 2. The van der Waals surface area contributed by atoms with Crippen LogP contribution < -0.4 is 5.32 Å². The molecule has 0 aromatic rings. The summed E-state index contributed by atoms with van der Waals surface area (Å²) in [5.74, 6) is 0.331. The second kappa shape index (κ2) is 9.30. The number of unbranched alkanes of at least 4 members (excludes halogenated alkanes) is 2. The number of nitrogens with one attached hydrogen (secondary N) is 1. The summed E-state index contributed by atoms with van der Waals surface area (Å²) in [6.07, 6.45) is 4.33. The topological polar surface area (TPSA) is 71.0 Å². The number of carbonyl (C=O) groups excluding carboxylic acids is 2. The molecule has 0 aromatic heterocycles. The van der Waals surface area contributed by atoms with Gasteiger partial charge in [0.05, 0.1) is 12.2 Å². The first-order valence-electron chi connectivity index (χ1n) is 8.51. The lowest BCUT2D eigenvalue weighted by Gasteiger charge is -2.31. The van der Waals surface area contributed by atoms with Crippen LogP contribution in [0.4, 0.5) is 4.79 Å². The largest absolute Gasteiger partial charge is 0.467 e. The minimum absolute atomic E-state index is 0.176. The van der Waals surface area contributed by atoms with Crippen molar-refractivity contribution in [2.75, 3.05) is 19.9 Å². The summed E-state index contributed by atoms with van der Waals surface area (Å²) in [5, 5.41) is 3.90. The Balaban J connectivity index is 2.65. The number of rotatable bonds is 7. The fourth-order valence-electron chi connectivity index (χ4n) is 2.38. The number of esters is 1. The number of amides is 2. The standard InChI is InChI=1S/C17H31N3O3S/c1-7-8-9-10-13-18-12(11-24-13)20(5)16(22)19-14(15(21)23-6)17(2,3)4/h12,14H,7-11H2,1-6H3,(H,19,22)/t12?,14-/m1/s1. The SMILES string of the molecule is CCCCCC1=NC(N(C)C(=O)N[C@H](C(=O)OC)C(C)(C)C)CS1. The van der Waals surface area contributed by atoms with Gasteiger partial charge in [0, 0.05) is 12.8 Å². The van der Waals surface area contributed by atoms with Crippen molar-refractivity contribution in [3.63, 3.8) is 0 Å². The van der Waals surface area contributed by atoms with Crippen LogP contribution in [0.25, 0.3) is 0 Å². The normalized spacial score (nSPS) is 18.8. The van der Waals surface area contributed by atoms with Crippen molar-refractivity contribution in [2.45, 2.75) is 65.6 Å². The highest BCUT2D eigenvalue weighted by atomic mass is 32.2. The number of nitrogens with zero attached hydrogens (tertiary/aromatic N) is 2. The lowest BCUT2D eigenvalue weighted by atomic mass is 9.87. The molecule has 0 saturated heterocycles. The van der Waals surface area contributed by atoms with E-state index in [9.17, 15) is 9.59 Å². The molecule has 0 aliphatic carbocycles. The molecule has 7 heteroatoms. The molecule has 0 saturated carbocycles. The van der Waals surface area contributed by atoms with E-state index in [2.05, 4.69) is 17.2 Å². The Morgan fingerprint density at radius 1 is 1.42 bits per heavy atom. The van der Waals surface area contributed by atoms with Gasteiger partial charge in [-0.1, -0.05) is 40.5 Å². The summed E-state index contributed by atoms with van der Waals surface area (Å²) in [7, 11) is 3.05. The van der Waals surface area contributed by atoms with E-state index in [0.717, 1.165) is 23.6 Å². The summed E-state index contributed by atoms with van der Waals surface area (Å²) < 4.78 is 4.81. The molecule has 1 N–H and O–H groups in total. The third-order valence-corrected chi connectivity index (χ3v) is 5.13. The zero-order valence-electron chi connectivity index (χ0n) is 15.7. The second-order valence-corrected chi connectivity index (χ2v) is 8.25. The van der Waals surface area contributed by atoms with Crippen LogP contribution in [0.2, 0.25) is 0 Å². The number of urea groups is 1. The van der Waals surface area contributed by atoms with Gasteiger partial charge in [0.25, 0.3) is 0 Å². The van der Waals surface area contributed by atoms with E-state index in [1.165, 1.54) is 20.0 Å². The molecular formula is C17H31N3O3S. The lowest BCUT2D eigenvalue weighted by molar-refractivity contribution is -0.145. The van der Waals surface area contributed by atoms with Gasteiger partial charge < -0.3 is 15.0 Å². The molecule has 0 aromatic carbocycles. The number of methoxy groups -OCH3 is 1. The van der Waals surface area contributed by atoms with Crippen molar-refractivity contribution >= 4 is 28.8 Å². The van der Waals surface area contributed by atoms with Crippen molar-refractivity contribution in [3.8, 4) is 0 Å². The first-order valence-corrected chi connectivity index (χ1v) is 9.49. The summed E-state index contributed by atoms with van der Waals surface area (Å²) in [6.45, 7) is 7.86. The smallest absolute Gasteiger partial charge is 0.328 e. The van der Waals surface area contributed by atoms with Crippen molar-refractivity contribution < 1.29 is 14.3 Å². The molecule has 1 unspecified atom stereocenters. The van der Waals surface area contributed by atoms with E-state index in [4.69, 9.17) is 4.74 Å². The van der Waals surface area contributed by atoms with E-state index in [0.29, 0.717) is 0 Å². The molecular weight excluding hydrogens is 326 g/mol. The number of hydrogen-bond acceptors (Lipinski definition) is 5. The zero-order valence-corrected chi connectivity index (χ0v) is 16.5. The third kappa shape index (κ3) is 6.00. The van der Waals surface area contributed by atoms with Crippen LogP contribution in [0.1, 0.15) is 53.4 Å². The van der Waals surface area contributed by atoms with Crippen LogP contribution in [-0.2, 0) is 9.53 Å². The van der Waals surface area contributed by atoms with E-state index in [-0.39, 0.29) is 12.2 Å². The van der Waals surface area contributed by atoms with Crippen LogP contribution in [0.15, 0.2) is 4.99 Å². The van der Waals surface area contributed by atoms with Gasteiger partial charge in [0.1, 0.15) is 12.2 Å². The number of hydrogen-bond donors (Lipinski definition) is 1. The van der Waals surface area contributed by atoms with Crippen molar-refractivity contribution in [3.05, 3.63) is 0 Å². The van der Waals surface area contributed by atoms with Gasteiger partial charge in [-0.3, -0.25) is 4.99 Å². The van der Waals surface area contributed by atoms with Gasteiger partial charge in [-0.25, -0.2) is 9.59 Å². The molecule has 2 amide bonds. The van der Waals surface area contributed by atoms with Gasteiger partial charge in [0.15, 0.2) is 0 Å². The summed E-state index contributed by atoms with van der Waals surface area (Å²) in [6, 6.07) is -0.996. The molecule has 0 fully saturated rings. The molecule has 0 spiro atoms. The monoisotopic (exact) mass is 357 g/mol. The molecule has 1 heterocycles. The summed E-state index contributed by atoms with van der Waals surface area (Å²) in [5.41, 5.74) is -0.428. The first kappa shape index (κ1) is 20.8. The highest BCUT2D eigenvalue weighted by Crippen LogP contribution is 2.25. The quantitative estimate of drug-likeness (QED) is 0.561. The molecule has 6 nitrogen and oxygen atoms in total. The Bertz CT molecular complexity index is 474. The van der Waals surface area contributed by atoms with E-state index in [1.54, 1.807) is 23.7 Å². The maximum absolute atomic E-state index is 12.5. The average Bonchev–Trinajstić information content (AvgIpc) is 2.98. The fourth-order valence-corrected chi connectivity index (χ4v) is 3.50. The lowest BCUT2D eigenvalue weighted by Crippen LogP contribution is -2.54. The van der Waals surface area contributed by atoms with Crippen LogP contribution in [-0.4, -0.2) is 54.1 Å². The van der Waals surface area contributed by atoms with Crippen LogP contribution in [0.3, 0.4) is 0 Å². The van der Waals surface area contributed by atoms with E-state index in [1.807, 2.05) is 20.8 Å². The minimum atomic E-state index is -0.695. The third-order valence-electron chi connectivity index (χ3n) is 4.02. The predicted molar refractivity (Wildman–Crippen MR) is 99.4 cm³/mol. The molecule has 0 bridgehead atoms. The maximum Gasteiger partial charge on any atom is 0.328 e. The average molecular weight is 358 g/mol. The van der Waals surface area contributed by atoms with Gasteiger partial charge in [-0.15, -0.1) is 11.8 Å². The Morgan fingerprint density at radius 3 is 2.62 bits per heavy atom. The Morgan fingerprint density at radius 2 is 2.08 bits per heavy atom. The number of thioether (sulfide) groups is 1. The molecule has 2 atom stereocenters. The van der Waals surface area contributed by atoms with Gasteiger partial charge in [-0.05, 0) is 18.3 Å². The van der Waals surface area contributed by atoms with Crippen molar-refractivity contribution in [2.24, 2.45) is 10.4 Å². The molecule has 1 aliphatic heterocycles. The molecule has 24 heavy (non-hydrogen) atoms. The second-order valence-electron chi connectivity index (χ2n) is 7.15. The van der Waals surface area contributed by atoms with Crippen LogP contribution in [0, 0.1) is 5.41 Å². The summed E-state index contributed by atoms with van der Waals surface area (Å²) in [4.78, 5) is 30.7. The number of aliphatic imine (C=N–C) groups is 1. The zero-order chi connectivity index (χ0) is 18.3. The Labute approximate surface area is 149 Å². The van der Waals surface area contributed by atoms with E-state index >= 15 is 0 Å². The molecule has 0 radical (unpaired) electrons. The first-order chi connectivity index (χ1) is 11.2. The highest BCUT2D eigenvalue weighted by Gasteiger charge is 2.35. The maximum atomic E-state index is 12.5. The molecule has 138 valence electrons. The van der Waals surface area contributed by atoms with Gasteiger partial charge in [-0.2, -0.15) is 0 Å². The predicted octanol–water partition coefficient (Wildman–Crippen LogP) is 3.27. The minimum Gasteiger partial charge on any atom is -0.467 e. The van der Waals surface area contributed by atoms with E-state index < -0.39 is 17.4 Å². The molecule has 1 rings (SSSR count). The van der Waals surface area contributed by atoms with Crippen LogP contribution >= 0.6 is 11.8 Å². The Hall–Kier alpha value is -1.24. The van der Waals surface area contributed by atoms with Gasteiger partial charge >= 0.3 is 12.0 Å². The Kier molecular flexibility index (Phi) is 8.06. The molecule has 1 aliphatic rings. The summed E-state index contributed by atoms with van der Waals surface area (Å²) >= 11 is 1.72. The van der Waals surface area contributed by atoms with Crippen molar-refractivity contribution in [1.29, 1.82) is 0 Å². The van der Waals surface area contributed by atoms with Crippen LogP contribution in [0.5, 0.6) is 0 Å².